The van der Waals surface area contributed by atoms with Crippen molar-refractivity contribution in [3.05, 3.63) is 18.2 Å². The molecule has 2 heterocycles. The maximum atomic E-state index is 11.5. The second-order valence-electron chi connectivity index (χ2n) is 3.88. The second kappa shape index (κ2) is 4.25. The first-order chi connectivity index (χ1) is 8.63. The summed E-state index contributed by atoms with van der Waals surface area (Å²) in [5.74, 6) is -0.299. The van der Waals surface area contributed by atoms with Crippen LogP contribution >= 0.6 is 23.3 Å². The summed E-state index contributed by atoms with van der Waals surface area (Å²) in [6.45, 7) is 0. The minimum atomic E-state index is -0.149. The SMILES string of the molecule is Nc1ccc2nc(SN3C(=O)CCC3=O)sc2c1. The van der Waals surface area contributed by atoms with Crippen LogP contribution in [0, 0.1) is 0 Å². The third-order valence-electron chi connectivity index (χ3n) is 2.57. The number of anilines is 1. The van der Waals surface area contributed by atoms with Crippen molar-refractivity contribution in [2.75, 3.05) is 5.73 Å². The van der Waals surface area contributed by atoms with Gasteiger partial charge in [0.15, 0.2) is 4.34 Å². The van der Waals surface area contributed by atoms with Gasteiger partial charge in [-0.25, -0.2) is 9.29 Å². The lowest BCUT2D eigenvalue weighted by Gasteiger charge is -2.08. The predicted molar refractivity (Wildman–Crippen MR) is 71.0 cm³/mol. The number of thiazole rings is 1. The van der Waals surface area contributed by atoms with E-state index in [9.17, 15) is 9.59 Å². The number of hydrogen-bond donors (Lipinski definition) is 1. The van der Waals surface area contributed by atoms with Crippen LogP contribution in [0.4, 0.5) is 5.69 Å². The van der Waals surface area contributed by atoms with E-state index < -0.39 is 0 Å². The van der Waals surface area contributed by atoms with E-state index in [1.807, 2.05) is 12.1 Å². The van der Waals surface area contributed by atoms with Crippen molar-refractivity contribution in [2.45, 2.75) is 17.2 Å². The van der Waals surface area contributed by atoms with Crippen molar-refractivity contribution >= 4 is 51.0 Å². The Kier molecular flexibility index (Phi) is 2.71. The monoisotopic (exact) mass is 279 g/mol. The van der Waals surface area contributed by atoms with E-state index in [0.717, 1.165) is 22.2 Å². The highest BCUT2D eigenvalue weighted by molar-refractivity contribution is 7.99. The average Bonchev–Trinajstić information content (AvgIpc) is 2.86. The number of nitrogens with two attached hydrogens (primary N) is 1. The highest BCUT2D eigenvalue weighted by Gasteiger charge is 2.30. The molecule has 0 spiro atoms. The molecule has 7 heteroatoms. The topological polar surface area (TPSA) is 76.3 Å². The molecule has 2 N–H and O–H groups in total. The van der Waals surface area contributed by atoms with Gasteiger partial charge in [0.1, 0.15) is 0 Å². The average molecular weight is 279 g/mol. The molecule has 0 saturated carbocycles. The van der Waals surface area contributed by atoms with Gasteiger partial charge >= 0.3 is 0 Å². The number of carbonyl (C=O) groups is 2. The number of imide groups is 1. The second-order valence-corrected chi connectivity index (χ2v) is 6.10. The molecule has 5 nitrogen and oxygen atoms in total. The molecular formula is C11H9N3O2S2. The normalized spacial score (nSPS) is 15.9. The van der Waals surface area contributed by atoms with Gasteiger partial charge in [0.25, 0.3) is 0 Å². The van der Waals surface area contributed by atoms with E-state index in [1.54, 1.807) is 6.07 Å². The molecular weight excluding hydrogens is 270 g/mol. The fourth-order valence-electron chi connectivity index (χ4n) is 1.70. The molecule has 3 rings (SSSR count). The molecule has 1 fully saturated rings. The number of benzene rings is 1. The summed E-state index contributed by atoms with van der Waals surface area (Å²) in [6, 6.07) is 5.45. The van der Waals surface area contributed by atoms with E-state index in [4.69, 9.17) is 5.73 Å². The molecule has 2 amide bonds. The van der Waals surface area contributed by atoms with Crippen molar-refractivity contribution in [1.82, 2.24) is 9.29 Å². The molecule has 0 aliphatic carbocycles. The summed E-state index contributed by atoms with van der Waals surface area (Å²) in [5.41, 5.74) is 7.20. The number of fused-ring (bicyclic) bond motifs is 1. The summed E-state index contributed by atoms with van der Waals surface area (Å²) in [7, 11) is 0. The van der Waals surface area contributed by atoms with Gasteiger partial charge in [0.2, 0.25) is 11.8 Å². The maximum Gasteiger partial charge on any atom is 0.240 e. The molecule has 0 radical (unpaired) electrons. The van der Waals surface area contributed by atoms with E-state index in [1.165, 1.54) is 15.6 Å². The Hall–Kier alpha value is -1.60. The van der Waals surface area contributed by atoms with Crippen molar-refractivity contribution in [1.29, 1.82) is 0 Å². The van der Waals surface area contributed by atoms with Crippen molar-refractivity contribution < 1.29 is 9.59 Å². The number of amides is 2. The molecule has 1 saturated heterocycles. The minimum Gasteiger partial charge on any atom is -0.399 e. The maximum absolute atomic E-state index is 11.5. The Morgan fingerprint density at radius 3 is 2.72 bits per heavy atom. The van der Waals surface area contributed by atoms with Crippen LogP contribution in [0.1, 0.15) is 12.8 Å². The van der Waals surface area contributed by atoms with E-state index >= 15 is 0 Å². The molecule has 2 aromatic rings. The number of nitrogens with zero attached hydrogens (tertiary/aromatic N) is 2. The Labute approximate surface area is 111 Å². The quantitative estimate of drug-likeness (QED) is 0.517. The van der Waals surface area contributed by atoms with Gasteiger partial charge < -0.3 is 5.73 Å². The van der Waals surface area contributed by atoms with Crippen LogP contribution in [0.2, 0.25) is 0 Å². The molecule has 1 aliphatic rings. The van der Waals surface area contributed by atoms with Gasteiger partial charge in [-0.15, -0.1) is 11.3 Å². The smallest absolute Gasteiger partial charge is 0.240 e. The van der Waals surface area contributed by atoms with Gasteiger partial charge in [0.05, 0.1) is 10.2 Å². The first-order valence-electron chi connectivity index (χ1n) is 5.33. The van der Waals surface area contributed by atoms with Crippen molar-refractivity contribution in [2.24, 2.45) is 0 Å². The van der Waals surface area contributed by atoms with E-state index in [0.29, 0.717) is 22.9 Å². The standard InChI is InChI=1S/C11H9N3O2S2/c12-6-1-2-7-8(5-6)17-11(13-7)18-14-9(15)3-4-10(14)16/h1-2,5H,3-4,12H2. The van der Waals surface area contributed by atoms with Crippen LogP contribution in [0.25, 0.3) is 10.2 Å². The van der Waals surface area contributed by atoms with Crippen LogP contribution in [0.3, 0.4) is 0 Å². The lowest BCUT2D eigenvalue weighted by Crippen LogP contribution is -2.20. The minimum absolute atomic E-state index is 0.149. The number of carbonyl (C=O) groups excluding carboxylic acids is 2. The molecule has 0 unspecified atom stereocenters. The first-order valence-corrected chi connectivity index (χ1v) is 6.92. The summed E-state index contributed by atoms with van der Waals surface area (Å²) in [5, 5.41) is 0. The lowest BCUT2D eigenvalue weighted by molar-refractivity contribution is -0.131. The number of aromatic nitrogens is 1. The van der Waals surface area contributed by atoms with Gasteiger partial charge in [-0.3, -0.25) is 9.59 Å². The first kappa shape index (κ1) is 11.5. The molecule has 1 aliphatic heterocycles. The zero-order valence-electron chi connectivity index (χ0n) is 9.25. The Bertz CT molecular complexity index is 637. The molecule has 92 valence electrons. The van der Waals surface area contributed by atoms with Gasteiger partial charge in [-0.05, 0) is 18.2 Å². The Balaban J connectivity index is 1.91. The molecule has 18 heavy (non-hydrogen) atoms. The number of nitrogen functional groups attached to an aromatic ring is 1. The van der Waals surface area contributed by atoms with Gasteiger partial charge in [-0.1, -0.05) is 0 Å². The lowest BCUT2D eigenvalue weighted by atomic mass is 10.3. The third kappa shape index (κ3) is 1.95. The van der Waals surface area contributed by atoms with Gasteiger partial charge in [-0.2, -0.15) is 0 Å². The summed E-state index contributed by atoms with van der Waals surface area (Å²) < 4.78 is 2.83. The molecule has 1 aromatic heterocycles. The van der Waals surface area contributed by atoms with Crippen LogP contribution < -0.4 is 5.73 Å². The van der Waals surface area contributed by atoms with Crippen LogP contribution in [-0.4, -0.2) is 21.1 Å². The summed E-state index contributed by atoms with van der Waals surface area (Å²) in [6.07, 6.45) is 0.591. The van der Waals surface area contributed by atoms with Crippen molar-refractivity contribution in [3.63, 3.8) is 0 Å². The van der Waals surface area contributed by atoms with Gasteiger partial charge in [0, 0.05) is 30.5 Å². The van der Waals surface area contributed by atoms with Crippen molar-refractivity contribution in [3.8, 4) is 0 Å². The number of rotatable bonds is 2. The Morgan fingerprint density at radius 2 is 2.00 bits per heavy atom. The Morgan fingerprint density at radius 1 is 1.28 bits per heavy atom. The molecule has 0 bridgehead atoms. The van der Waals surface area contributed by atoms with Crippen LogP contribution in [0.15, 0.2) is 22.5 Å². The number of hydrogen-bond acceptors (Lipinski definition) is 6. The van der Waals surface area contributed by atoms with E-state index in [-0.39, 0.29) is 11.8 Å². The largest absolute Gasteiger partial charge is 0.399 e. The predicted octanol–water partition coefficient (Wildman–Crippen LogP) is 2.03. The third-order valence-corrected chi connectivity index (χ3v) is 4.69. The summed E-state index contributed by atoms with van der Waals surface area (Å²) >= 11 is 2.53. The fraction of sp³-hybridized carbons (Fsp3) is 0.182. The zero-order valence-corrected chi connectivity index (χ0v) is 10.9. The van der Waals surface area contributed by atoms with Crippen LogP contribution in [-0.2, 0) is 9.59 Å². The highest BCUT2D eigenvalue weighted by Crippen LogP contribution is 2.34. The summed E-state index contributed by atoms with van der Waals surface area (Å²) in [4.78, 5) is 27.4. The molecule has 1 aromatic carbocycles. The zero-order chi connectivity index (χ0) is 12.7. The van der Waals surface area contributed by atoms with E-state index in [2.05, 4.69) is 4.98 Å². The van der Waals surface area contributed by atoms with Crippen LogP contribution in [0.5, 0.6) is 0 Å². The highest BCUT2D eigenvalue weighted by atomic mass is 32.2. The fourth-order valence-corrected chi connectivity index (χ4v) is 3.76. The molecule has 0 atom stereocenters.